The summed E-state index contributed by atoms with van der Waals surface area (Å²) in [5.41, 5.74) is -0.483. The lowest BCUT2D eigenvalue weighted by atomic mass is 9.76. The first-order chi connectivity index (χ1) is 17.1. The fourth-order valence-electron chi connectivity index (χ4n) is 4.67. The number of piperidine rings is 1. The van der Waals surface area contributed by atoms with E-state index in [0.29, 0.717) is 31.5 Å². The van der Waals surface area contributed by atoms with Crippen LogP contribution in [-0.2, 0) is 17.6 Å². The van der Waals surface area contributed by atoms with Crippen molar-refractivity contribution in [3.63, 3.8) is 0 Å². The van der Waals surface area contributed by atoms with Gasteiger partial charge in [0.1, 0.15) is 17.2 Å². The molecule has 0 radical (unpaired) electrons. The summed E-state index contributed by atoms with van der Waals surface area (Å²) >= 11 is 0. The molecule has 1 aliphatic rings. The van der Waals surface area contributed by atoms with E-state index in [9.17, 15) is 28.3 Å². The number of nitrogens with one attached hydrogen (secondary N) is 1. The fraction of sp³-hybridized carbons (Fsp3) is 0.400. The summed E-state index contributed by atoms with van der Waals surface area (Å²) in [6.45, 7) is 3.81. The molecule has 36 heavy (non-hydrogen) atoms. The van der Waals surface area contributed by atoms with Crippen LogP contribution in [0.3, 0.4) is 0 Å². The number of amides is 1. The first kappa shape index (κ1) is 25.2. The van der Waals surface area contributed by atoms with Crippen molar-refractivity contribution in [1.29, 1.82) is 0 Å². The van der Waals surface area contributed by atoms with Gasteiger partial charge in [-0.15, -0.1) is 5.10 Å². The number of carboxylic acid groups (broad SMARTS) is 1. The van der Waals surface area contributed by atoms with Gasteiger partial charge in [-0.05, 0) is 43.9 Å². The third kappa shape index (κ3) is 4.91. The highest BCUT2D eigenvalue weighted by molar-refractivity contribution is 5.94. The zero-order valence-corrected chi connectivity index (χ0v) is 20.0. The molecule has 1 aliphatic heterocycles. The van der Waals surface area contributed by atoms with E-state index in [1.807, 2.05) is 6.92 Å². The maximum absolute atomic E-state index is 14.2. The maximum Gasteiger partial charge on any atom is 0.311 e. The van der Waals surface area contributed by atoms with Crippen molar-refractivity contribution >= 4 is 11.9 Å². The Morgan fingerprint density at radius 1 is 1.28 bits per heavy atom. The Labute approximate surface area is 205 Å². The largest absolute Gasteiger partial charge is 0.481 e. The van der Waals surface area contributed by atoms with Crippen LogP contribution in [0.4, 0.5) is 8.78 Å². The number of aromatic nitrogens is 4. The monoisotopic (exact) mass is 499 g/mol. The highest BCUT2D eigenvalue weighted by atomic mass is 19.1. The summed E-state index contributed by atoms with van der Waals surface area (Å²) < 4.78 is 28.9. The molecule has 9 nitrogen and oxygen atoms in total. The third-order valence-electron chi connectivity index (χ3n) is 6.81. The standard InChI is InChI=1S/C25H27F2N5O4/c1-3-16-9-20(22(33)28-12-16)23(34)31-8-4-7-25(14-31,24(35)36)11-18-13-32(30-29-18)15(2)19-6-5-17(26)10-21(19)27/h5-6,9-10,12-13,15H,3-4,7-8,11,14H2,1-2H3,(H,28,33)(H,35,36)/t15-,25?/m0/s1. The number of carbonyl (C=O) groups is 2. The van der Waals surface area contributed by atoms with E-state index in [-0.39, 0.29) is 24.1 Å². The molecule has 2 N–H and O–H groups in total. The van der Waals surface area contributed by atoms with E-state index in [4.69, 9.17) is 0 Å². The van der Waals surface area contributed by atoms with Crippen molar-refractivity contribution in [3.8, 4) is 0 Å². The van der Waals surface area contributed by atoms with E-state index in [2.05, 4.69) is 15.3 Å². The van der Waals surface area contributed by atoms with Gasteiger partial charge in [0.25, 0.3) is 11.5 Å². The lowest BCUT2D eigenvalue weighted by molar-refractivity contribution is -0.151. The van der Waals surface area contributed by atoms with Crippen LogP contribution in [0.25, 0.3) is 0 Å². The molecule has 0 spiro atoms. The van der Waals surface area contributed by atoms with Crippen LogP contribution in [0.5, 0.6) is 0 Å². The zero-order chi connectivity index (χ0) is 26.0. The summed E-state index contributed by atoms with van der Waals surface area (Å²) in [6.07, 6.45) is 4.47. The molecule has 0 bridgehead atoms. The molecule has 3 heterocycles. The van der Waals surface area contributed by atoms with Crippen molar-refractivity contribution in [3.05, 3.63) is 81.0 Å². The minimum absolute atomic E-state index is 0.00388. The summed E-state index contributed by atoms with van der Waals surface area (Å²) in [6, 6.07) is 4.21. The number of rotatable bonds is 7. The molecule has 1 saturated heterocycles. The predicted molar refractivity (Wildman–Crippen MR) is 126 cm³/mol. The predicted octanol–water partition coefficient (Wildman–Crippen LogP) is 2.97. The quantitative estimate of drug-likeness (QED) is 0.516. The smallest absolute Gasteiger partial charge is 0.311 e. The molecule has 0 aliphatic carbocycles. The van der Waals surface area contributed by atoms with Crippen LogP contribution in [0.2, 0.25) is 0 Å². The Balaban J connectivity index is 1.56. The number of aliphatic carboxylic acids is 1. The Kier molecular flexibility index (Phi) is 7.00. The van der Waals surface area contributed by atoms with Gasteiger partial charge in [-0.25, -0.2) is 13.5 Å². The number of pyridine rings is 1. The number of aromatic amines is 1. The second-order valence-electron chi connectivity index (χ2n) is 9.23. The Bertz CT molecular complexity index is 1350. The Morgan fingerprint density at radius 2 is 2.06 bits per heavy atom. The van der Waals surface area contributed by atoms with Crippen LogP contribution in [0.1, 0.15) is 59.9 Å². The number of likely N-dealkylation sites (tertiary alicyclic amines) is 1. The molecular weight excluding hydrogens is 472 g/mol. The van der Waals surface area contributed by atoms with Gasteiger partial charge in [0.2, 0.25) is 0 Å². The molecule has 190 valence electrons. The van der Waals surface area contributed by atoms with E-state index in [0.717, 1.165) is 17.7 Å². The van der Waals surface area contributed by atoms with Gasteiger partial charge in [-0.3, -0.25) is 14.4 Å². The number of carboxylic acids is 1. The Morgan fingerprint density at radius 3 is 2.75 bits per heavy atom. The molecule has 11 heteroatoms. The van der Waals surface area contributed by atoms with Gasteiger partial charge in [-0.2, -0.15) is 0 Å². The van der Waals surface area contributed by atoms with Gasteiger partial charge in [-0.1, -0.05) is 18.2 Å². The van der Waals surface area contributed by atoms with Crippen LogP contribution in [0.15, 0.2) is 41.5 Å². The number of hydrogen-bond donors (Lipinski definition) is 2. The Hall–Kier alpha value is -3.89. The molecule has 2 atom stereocenters. The van der Waals surface area contributed by atoms with E-state index in [1.54, 1.807) is 19.2 Å². The normalized spacial score (nSPS) is 18.7. The SMILES string of the molecule is CCc1c[nH]c(=O)c(C(=O)N2CCCC(Cc3cn([C@@H](C)c4ccc(F)cc4F)nn3)(C(=O)O)C2)c1. The number of benzene rings is 1. The lowest BCUT2D eigenvalue weighted by Gasteiger charge is -2.39. The van der Waals surface area contributed by atoms with Crippen molar-refractivity contribution in [2.24, 2.45) is 5.41 Å². The van der Waals surface area contributed by atoms with Crippen LogP contribution in [-0.4, -0.2) is 55.0 Å². The first-order valence-electron chi connectivity index (χ1n) is 11.7. The van der Waals surface area contributed by atoms with Crippen LogP contribution < -0.4 is 5.56 Å². The highest BCUT2D eigenvalue weighted by Gasteiger charge is 2.45. The van der Waals surface area contributed by atoms with E-state index in [1.165, 1.54) is 21.8 Å². The molecule has 3 aromatic rings. The lowest BCUT2D eigenvalue weighted by Crippen LogP contribution is -2.51. The second kappa shape index (κ2) is 10.00. The number of aryl methyl sites for hydroxylation is 1. The van der Waals surface area contributed by atoms with E-state index >= 15 is 0 Å². The molecule has 1 amide bonds. The zero-order valence-electron chi connectivity index (χ0n) is 20.0. The van der Waals surface area contributed by atoms with Gasteiger partial charge in [0.05, 0.1) is 17.2 Å². The third-order valence-corrected chi connectivity index (χ3v) is 6.81. The molecule has 1 fully saturated rings. The molecular formula is C25H27F2N5O4. The molecule has 1 unspecified atom stereocenters. The first-order valence-corrected chi connectivity index (χ1v) is 11.7. The average molecular weight is 500 g/mol. The van der Waals surface area contributed by atoms with Gasteiger partial charge in [0, 0.05) is 43.5 Å². The van der Waals surface area contributed by atoms with Gasteiger partial charge >= 0.3 is 5.97 Å². The second-order valence-corrected chi connectivity index (χ2v) is 9.23. The van der Waals surface area contributed by atoms with Gasteiger partial charge in [0.15, 0.2) is 0 Å². The number of H-pyrrole nitrogens is 1. The van der Waals surface area contributed by atoms with Crippen molar-refractivity contribution < 1.29 is 23.5 Å². The minimum atomic E-state index is -1.33. The number of halogens is 2. The van der Waals surface area contributed by atoms with Crippen molar-refractivity contribution in [2.45, 2.75) is 45.6 Å². The summed E-state index contributed by atoms with van der Waals surface area (Å²) in [5, 5.41) is 18.3. The summed E-state index contributed by atoms with van der Waals surface area (Å²) in [7, 11) is 0. The highest BCUT2D eigenvalue weighted by Crippen LogP contribution is 2.34. The van der Waals surface area contributed by atoms with Crippen molar-refractivity contribution in [1.82, 2.24) is 24.9 Å². The molecule has 1 aromatic carbocycles. The fourth-order valence-corrected chi connectivity index (χ4v) is 4.67. The molecule has 2 aromatic heterocycles. The summed E-state index contributed by atoms with van der Waals surface area (Å²) in [5.74, 6) is -3.00. The molecule has 4 rings (SSSR count). The average Bonchev–Trinajstić information content (AvgIpc) is 3.32. The summed E-state index contributed by atoms with van der Waals surface area (Å²) in [4.78, 5) is 41.9. The topological polar surface area (TPSA) is 121 Å². The number of nitrogens with zero attached hydrogens (tertiary/aromatic N) is 4. The van der Waals surface area contributed by atoms with Crippen LogP contribution >= 0.6 is 0 Å². The van der Waals surface area contributed by atoms with Crippen molar-refractivity contribution in [2.75, 3.05) is 13.1 Å². The van der Waals surface area contributed by atoms with Crippen LogP contribution in [0, 0.1) is 17.0 Å². The number of carbonyl (C=O) groups excluding carboxylic acids is 1. The maximum atomic E-state index is 14.2. The molecule has 0 saturated carbocycles. The number of hydrogen-bond acceptors (Lipinski definition) is 5. The van der Waals surface area contributed by atoms with E-state index < -0.39 is 40.5 Å². The minimum Gasteiger partial charge on any atom is -0.481 e. The van der Waals surface area contributed by atoms with Gasteiger partial charge < -0.3 is 15.0 Å².